The number of sulfonamides is 1. The Balaban J connectivity index is 2.61. The molecule has 0 aromatic rings. The van der Waals surface area contributed by atoms with E-state index < -0.39 is 14.8 Å². The molecule has 0 spiro atoms. The molecule has 0 saturated carbocycles. The summed E-state index contributed by atoms with van der Waals surface area (Å²) in [6.07, 6.45) is 0. The van der Waals surface area contributed by atoms with Crippen molar-refractivity contribution in [2.24, 2.45) is 0 Å². The highest BCUT2D eigenvalue weighted by atomic mass is 35.5. The molecule has 0 aromatic heterocycles. The van der Waals surface area contributed by atoms with E-state index in [1.165, 1.54) is 0 Å². The minimum absolute atomic E-state index is 0.580. The maximum absolute atomic E-state index is 12.2. The first kappa shape index (κ1) is 14.2. The number of nitrogens with zero attached hydrogens (tertiary/aromatic N) is 2. The van der Waals surface area contributed by atoms with Crippen molar-refractivity contribution in [2.75, 3.05) is 38.6 Å². The van der Waals surface area contributed by atoms with Crippen LogP contribution in [0.15, 0.2) is 0 Å². The van der Waals surface area contributed by atoms with Gasteiger partial charge in [0.2, 0.25) is 10.0 Å². The quantitative estimate of drug-likeness (QED) is 0.717. The zero-order valence-electron chi connectivity index (χ0n) is 10.2. The fraction of sp³-hybridized carbons (Fsp3) is 1.00. The van der Waals surface area contributed by atoms with E-state index in [2.05, 4.69) is 4.90 Å². The third kappa shape index (κ3) is 3.09. The molecular weight excluding hydrogens is 248 g/mol. The predicted molar refractivity (Wildman–Crippen MR) is 67.4 cm³/mol. The van der Waals surface area contributed by atoms with Crippen molar-refractivity contribution in [1.29, 1.82) is 0 Å². The van der Waals surface area contributed by atoms with Crippen LogP contribution in [0.2, 0.25) is 0 Å². The number of halogens is 1. The molecule has 1 aliphatic heterocycles. The van der Waals surface area contributed by atoms with E-state index in [1.807, 2.05) is 0 Å². The first-order chi connectivity index (χ1) is 7.29. The Labute approximate surface area is 104 Å². The highest BCUT2D eigenvalue weighted by molar-refractivity contribution is 7.90. The van der Waals surface area contributed by atoms with Gasteiger partial charge in [0.1, 0.15) is 0 Å². The highest BCUT2D eigenvalue weighted by Gasteiger charge is 2.36. The van der Waals surface area contributed by atoms with Gasteiger partial charge < -0.3 is 0 Å². The van der Waals surface area contributed by atoms with E-state index in [-0.39, 0.29) is 0 Å². The zero-order valence-corrected chi connectivity index (χ0v) is 11.8. The molecule has 0 amide bonds. The molecule has 6 heteroatoms. The number of alkyl halides is 1. The van der Waals surface area contributed by atoms with Crippen molar-refractivity contribution in [2.45, 2.75) is 25.5 Å². The molecule has 1 rings (SSSR count). The lowest BCUT2D eigenvalue weighted by molar-refractivity contribution is 0.195. The van der Waals surface area contributed by atoms with Gasteiger partial charge in [-0.05, 0) is 20.8 Å². The fourth-order valence-corrected chi connectivity index (χ4v) is 3.36. The van der Waals surface area contributed by atoms with E-state index >= 15 is 0 Å². The Hall–Kier alpha value is 0.160. The van der Waals surface area contributed by atoms with Crippen LogP contribution in [0.25, 0.3) is 0 Å². The van der Waals surface area contributed by atoms with Gasteiger partial charge in [-0.25, -0.2) is 8.42 Å². The van der Waals surface area contributed by atoms with Crippen LogP contribution in [0.1, 0.15) is 20.8 Å². The Morgan fingerprint density at radius 1 is 1.12 bits per heavy atom. The average Bonchev–Trinajstić information content (AvgIpc) is 2.17. The molecule has 0 bridgehead atoms. The molecule has 0 unspecified atom stereocenters. The third-order valence-corrected chi connectivity index (χ3v) is 5.61. The van der Waals surface area contributed by atoms with Crippen LogP contribution in [-0.4, -0.2) is 61.0 Å². The van der Waals surface area contributed by atoms with Crippen molar-refractivity contribution in [3.8, 4) is 0 Å². The summed E-state index contributed by atoms with van der Waals surface area (Å²) in [5.74, 6) is 0.603. The van der Waals surface area contributed by atoms with Crippen LogP contribution in [0, 0.1) is 0 Å². The van der Waals surface area contributed by atoms with Gasteiger partial charge in [-0.1, -0.05) is 0 Å². The second kappa shape index (κ2) is 5.21. The minimum atomic E-state index is -3.16. The number of hydrogen-bond acceptors (Lipinski definition) is 3. The molecule has 4 nitrogen and oxygen atoms in total. The molecule has 1 fully saturated rings. The monoisotopic (exact) mass is 268 g/mol. The second-order valence-electron chi connectivity index (χ2n) is 5.05. The lowest BCUT2D eigenvalue weighted by Crippen LogP contribution is -2.53. The van der Waals surface area contributed by atoms with Gasteiger partial charge in [-0.2, -0.15) is 4.31 Å². The molecule has 96 valence electrons. The average molecular weight is 269 g/mol. The lowest BCUT2D eigenvalue weighted by atomic mass is 10.3. The molecule has 0 N–H and O–H groups in total. The molecule has 0 aliphatic carbocycles. The molecule has 1 saturated heterocycles. The summed E-state index contributed by atoms with van der Waals surface area (Å²) in [7, 11) is -3.16. The number of piperazine rings is 1. The van der Waals surface area contributed by atoms with E-state index in [1.54, 1.807) is 25.1 Å². The summed E-state index contributed by atoms with van der Waals surface area (Å²) >= 11 is 5.66. The molecule has 0 atom stereocenters. The molecule has 1 heterocycles. The van der Waals surface area contributed by atoms with E-state index in [9.17, 15) is 8.42 Å². The summed E-state index contributed by atoms with van der Waals surface area (Å²) in [5, 5.41) is 0. The van der Waals surface area contributed by atoms with Crippen molar-refractivity contribution in [3.63, 3.8) is 0 Å². The zero-order chi connectivity index (χ0) is 12.4. The van der Waals surface area contributed by atoms with E-state index in [0.29, 0.717) is 19.0 Å². The summed E-state index contributed by atoms with van der Waals surface area (Å²) < 4.78 is 25.2. The lowest BCUT2D eigenvalue weighted by Gasteiger charge is -2.37. The van der Waals surface area contributed by atoms with E-state index in [4.69, 9.17) is 11.6 Å². The van der Waals surface area contributed by atoms with Crippen LogP contribution in [0.4, 0.5) is 0 Å². The van der Waals surface area contributed by atoms with Gasteiger partial charge in [-0.3, -0.25) is 4.90 Å². The minimum Gasteiger partial charge on any atom is -0.300 e. The van der Waals surface area contributed by atoms with Gasteiger partial charge in [0, 0.05) is 38.6 Å². The summed E-state index contributed by atoms with van der Waals surface area (Å²) in [5.41, 5.74) is 0. The number of hydrogen-bond donors (Lipinski definition) is 0. The van der Waals surface area contributed by atoms with Gasteiger partial charge in [0.15, 0.2) is 0 Å². The van der Waals surface area contributed by atoms with Crippen molar-refractivity contribution in [1.82, 2.24) is 9.21 Å². The van der Waals surface area contributed by atoms with Gasteiger partial charge in [0.25, 0.3) is 0 Å². The molecular formula is C10H21ClN2O2S. The van der Waals surface area contributed by atoms with Gasteiger partial charge in [0.05, 0.1) is 4.75 Å². The predicted octanol–water partition coefficient (Wildman–Crippen LogP) is 0.971. The third-order valence-electron chi connectivity index (χ3n) is 2.85. The van der Waals surface area contributed by atoms with Gasteiger partial charge >= 0.3 is 0 Å². The highest BCUT2D eigenvalue weighted by Crippen LogP contribution is 2.21. The first-order valence-corrected chi connectivity index (χ1v) is 7.54. The first-order valence-electron chi connectivity index (χ1n) is 5.57. The Morgan fingerprint density at radius 3 is 2.00 bits per heavy atom. The Kier molecular flexibility index (Phi) is 4.63. The standard InChI is InChI=1S/C10H21ClN2O2S/c1-10(2,3)16(14,15)13-8-6-12(5-4-11)7-9-13/h4-9H2,1-3H3. The summed E-state index contributed by atoms with van der Waals surface area (Å²) in [6.45, 7) is 8.79. The Bertz CT molecular complexity index is 316. The largest absolute Gasteiger partial charge is 0.300 e. The molecule has 0 aromatic carbocycles. The summed E-state index contributed by atoms with van der Waals surface area (Å²) in [6, 6.07) is 0. The Morgan fingerprint density at radius 2 is 1.62 bits per heavy atom. The summed E-state index contributed by atoms with van der Waals surface area (Å²) in [4.78, 5) is 2.20. The van der Waals surface area contributed by atoms with Crippen LogP contribution in [0.5, 0.6) is 0 Å². The van der Waals surface area contributed by atoms with Crippen molar-refractivity contribution < 1.29 is 8.42 Å². The smallest absolute Gasteiger partial charge is 0.219 e. The maximum Gasteiger partial charge on any atom is 0.219 e. The van der Waals surface area contributed by atoms with Crippen LogP contribution in [0.3, 0.4) is 0 Å². The van der Waals surface area contributed by atoms with Crippen LogP contribution in [-0.2, 0) is 10.0 Å². The van der Waals surface area contributed by atoms with Crippen molar-refractivity contribution >= 4 is 21.6 Å². The fourth-order valence-electron chi connectivity index (χ4n) is 1.70. The van der Waals surface area contributed by atoms with Crippen molar-refractivity contribution in [3.05, 3.63) is 0 Å². The van der Waals surface area contributed by atoms with Gasteiger partial charge in [-0.15, -0.1) is 11.6 Å². The normalized spacial score (nSPS) is 21.2. The topological polar surface area (TPSA) is 40.6 Å². The number of rotatable bonds is 3. The molecule has 0 radical (unpaired) electrons. The van der Waals surface area contributed by atoms with E-state index in [0.717, 1.165) is 19.6 Å². The van der Waals surface area contributed by atoms with Crippen LogP contribution >= 0.6 is 11.6 Å². The second-order valence-corrected chi connectivity index (χ2v) is 8.12. The molecule has 16 heavy (non-hydrogen) atoms. The molecule has 1 aliphatic rings. The van der Waals surface area contributed by atoms with Crippen LogP contribution < -0.4 is 0 Å². The SMILES string of the molecule is CC(C)(C)S(=O)(=O)N1CCN(CCCl)CC1. The maximum atomic E-state index is 12.2.